The van der Waals surface area contributed by atoms with Crippen molar-refractivity contribution in [1.82, 2.24) is 9.88 Å². The van der Waals surface area contributed by atoms with Crippen molar-refractivity contribution in [1.29, 1.82) is 0 Å². The zero-order valence-electron chi connectivity index (χ0n) is 20.2. The second kappa shape index (κ2) is 9.87. The molecule has 1 aromatic heterocycles. The van der Waals surface area contributed by atoms with Gasteiger partial charge in [0, 0.05) is 48.6 Å². The van der Waals surface area contributed by atoms with Crippen molar-refractivity contribution >= 4 is 16.8 Å². The number of aryl methyl sites for hydroxylation is 1. The summed E-state index contributed by atoms with van der Waals surface area (Å²) in [6.45, 7) is 7.43. The number of hydrogen-bond acceptors (Lipinski definition) is 4. The summed E-state index contributed by atoms with van der Waals surface area (Å²) in [6.07, 6.45) is 3.43. The fourth-order valence-electron chi connectivity index (χ4n) is 4.94. The quantitative estimate of drug-likeness (QED) is 0.556. The predicted molar refractivity (Wildman–Crippen MR) is 130 cm³/mol. The lowest BCUT2D eigenvalue weighted by Crippen LogP contribution is -2.48. The van der Waals surface area contributed by atoms with Crippen molar-refractivity contribution < 1.29 is 19.0 Å². The van der Waals surface area contributed by atoms with Gasteiger partial charge in [0.25, 0.3) is 0 Å². The minimum atomic E-state index is -0.143. The van der Waals surface area contributed by atoms with E-state index in [0.717, 1.165) is 28.5 Å². The van der Waals surface area contributed by atoms with Crippen LogP contribution in [0.2, 0.25) is 0 Å². The highest BCUT2D eigenvalue weighted by atomic mass is 16.5. The number of amides is 1. The average molecular weight is 451 g/mol. The standard InChI is InChI=1S/C27H34N2O4/c1-6-19-8-7-9-23-25(14-28-27(19)23)24(20-10-21(31-4)12-22(11-20)32-5)13-26(30)29-15-17(2)33-18(3)16-29/h7-12,14,17-18,24,28H,6,13,15-16H2,1-5H3. The largest absolute Gasteiger partial charge is 0.497 e. The normalized spacial score (nSPS) is 19.5. The highest BCUT2D eigenvalue weighted by molar-refractivity contribution is 5.88. The summed E-state index contributed by atoms with van der Waals surface area (Å²) in [4.78, 5) is 18.9. The lowest BCUT2D eigenvalue weighted by Gasteiger charge is -2.36. The van der Waals surface area contributed by atoms with E-state index in [1.54, 1.807) is 14.2 Å². The molecule has 6 heteroatoms. The number of nitrogens with one attached hydrogen (secondary N) is 1. The Labute approximate surface area is 195 Å². The molecule has 0 bridgehead atoms. The molecule has 176 valence electrons. The Balaban J connectivity index is 1.77. The van der Waals surface area contributed by atoms with Crippen LogP contribution in [0, 0.1) is 0 Å². The molecule has 3 aromatic rings. The third-order valence-electron chi connectivity index (χ3n) is 6.52. The molecule has 4 rings (SSSR count). The van der Waals surface area contributed by atoms with E-state index in [1.807, 2.05) is 36.9 Å². The number of carbonyl (C=O) groups excluding carboxylic acids is 1. The second-order valence-corrected chi connectivity index (χ2v) is 8.90. The number of carbonyl (C=O) groups is 1. The van der Waals surface area contributed by atoms with Crippen LogP contribution in [0.1, 0.15) is 49.8 Å². The molecule has 0 spiro atoms. The van der Waals surface area contributed by atoms with Gasteiger partial charge in [-0.3, -0.25) is 4.79 Å². The SMILES string of the molecule is CCc1cccc2c(C(CC(=O)N3CC(C)OC(C)C3)c3cc(OC)cc(OC)c3)c[nH]c12. The number of benzene rings is 2. The Morgan fingerprint density at radius 3 is 2.39 bits per heavy atom. The fraction of sp³-hybridized carbons (Fsp3) is 0.444. The number of H-pyrrole nitrogens is 1. The molecule has 0 saturated carbocycles. The Hall–Kier alpha value is -2.99. The number of methoxy groups -OCH3 is 2. The summed E-state index contributed by atoms with van der Waals surface area (Å²) < 4.78 is 16.9. The molecule has 0 radical (unpaired) electrons. The number of ether oxygens (including phenoxy) is 3. The van der Waals surface area contributed by atoms with Crippen LogP contribution < -0.4 is 9.47 Å². The first-order valence-electron chi connectivity index (χ1n) is 11.7. The zero-order chi connectivity index (χ0) is 23.5. The van der Waals surface area contributed by atoms with Gasteiger partial charge in [-0.05, 0) is 49.1 Å². The molecular weight excluding hydrogens is 416 g/mol. The zero-order valence-corrected chi connectivity index (χ0v) is 20.2. The summed E-state index contributed by atoms with van der Waals surface area (Å²) >= 11 is 0. The number of aromatic nitrogens is 1. The number of hydrogen-bond donors (Lipinski definition) is 1. The van der Waals surface area contributed by atoms with Crippen LogP contribution in [0.4, 0.5) is 0 Å². The van der Waals surface area contributed by atoms with Crippen LogP contribution in [0.15, 0.2) is 42.6 Å². The van der Waals surface area contributed by atoms with Crippen molar-refractivity contribution in [3.8, 4) is 11.5 Å². The van der Waals surface area contributed by atoms with E-state index < -0.39 is 0 Å². The summed E-state index contributed by atoms with van der Waals surface area (Å²) in [6, 6.07) is 12.2. The number of aromatic amines is 1. The first-order chi connectivity index (χ1) is 15.9. The Kier molecular flexibility index (Phi) is 6.94. The number of morpholine rings is 1. The third kappa shape index (κ3) is 4.86. The van der Waals surface area contributed by atoms with Gasteiger partial charge in [0.15, 0.2) is 0 Å². The van der Waals surface area contributed by atoms with Gasteiger partial charge in [-0.2, -0.15) is 0 Å². The molecule has 1 amide bonds. The maximum Gasteiger partial charge on any atom is 0.223 e. The van der Waals surface area contributed by atoms with Gasteiger partial charge in [0.05, 0.1) is 26.4 Å². The van der Waals surface area contributed by atoms with Crippen LogP contribution in [0.3, 0.4) is 0 Å². The molecule has 1 fully saturated rings. The van der Waals surface area contributed by atoms with E-state index in [4.69, 9.17) is 14.2 Å². The Morgan fingerprint density at radius 1 is 1.12 bits per heavy atom. The number of rotatable bonds is 7. The van der Waals surface area contributed by atoms with Gasteiger partial charge < -0.3 is 24.1 Å². The molecule has 1 aliphatic rings. The van der Waals surface area contributed by atoms with Crippen LogP contribution >= 0.6 is 0 Å². The fourth-order valence-corrected chi connectivity index (χ4v) is 4.94. The lowest BCUT2D eigenvalue weighted by molar-refractivity contribution is -0.143. The first-order valence-corrected chi connectivity index (χ1v) is 11.7. The minimum absolute atomic E-state index is 0.0354. The second-order valence-electron chi connectivity index (χ2n) is 8.90. The van der Waals surface area contributed by atoms with Gasteiger partial charge >= 0.3 is 0 Å². The third-order valence-corrected chi connectivity index (χ3v) is 6.52. The smallest absolute Gasteiger partial charge is 0.223 e. The van der Waals surface area contributed by atoms with Crippen molar-refractivity contribution in [3.63, 3.8) is 0 Å². The maximum atomic E-state index is 13.5. The minimum Gasteiger partial charge on any atom is -0.497 e. The van der Waals surface area contributed by atoms with Crippen LogP contribution in [0.5, 0.6) is 11.5 Å². The summed E-state index contributed by atoms with van der Waals surface area (Å²) in [5.41, 5.74) is 4.51. The van der Waals surface area contributed by atoms with Crippen molar-refractivity contribution in [2.24, 2.45) is 0 Å². The van der Waals surface area contributed by atoms with Crippen molar-refractivity contribution in [2.75, 3.05) is 27.3 Å². The molecule has 3 atom stereocenters. The van der Waals surface area contributed by atoms with E-state index in [1.165, 1.54) is 5.56 Å². The summed E-state index contributed by atoms with van der Waals surface area (Å²) in [7, 11) is 3.29. The molecule has 6 nitrogen and oxygen atoms in total. The number of nitrogens with zero attached hydrogens (tertiary/aromatic N) is 1. The van der Waals surface area contributed by atoms with Gasteiger partial charge in [0.1, 0.15) is 11.5 Å². The topological polar surface area (TPSA) is 63.8 Å². The summed E-state index contributed by atoms with van der Waals surface area (Å²) in [5, 5.41) is 1.15. The summed E-state index contributed by atoms with van der Waals surface area (Å²) in [5.74, 6) is 1.41. The number of fused-ring (bicyclic) bond motifs is 1. The predicted octanol–water partition coefficient (Wildman–Crippen LogP) is 4.91. The first kappa shape index (κ1) is 23.2. The van der Waals surface area contributed by atoms with E-state index in [9.17, 15) is 4.79 Å². The average Bonchev–Trinajstić information content (AvgIpc) is 3.25. The van der Waals surface area contributed by atoms with Gasteiger partial charge in [-0.15, -0.1) is 0 Å². The molecule has 1 N–H and O–H groups in total. The van der Waals surface area contributed by atoms with E-state index in [2.05, 4.69) is 36.3 Å². The number of para-hydroxylation sites is 1. The maximum absolute atomic E-state index is 13.5. The molecule has 2 aromatic carbocycles. The van der Waals surface area contributed by atoms with E-state index in [0.29, 0.717) is 31.0 Å². The van der Waals surface area contributed by atoms with E-state index >= 15 is 0 Å². The Morgan fingerprint density at radius 2 is 1.79 bits per heavy atom. The van der Waals surface area contributed by atoms with Gasteiger partial charge in [-0.1, -0.05) is 25.1 Å². The van der Waals surface area contributed by atoms with Crippen LogP contribution in [-0.4, -0.2) is 55.3 Å². The molecular formula is C27H34N2O4. The molecule has 1 aliphatic heterocycles. The van der Waals surface area contributed by atoms with Crippen LogP contribution in [-0.2, 0) is 16.0 Å². The van der Waals surface area contributed by atoms with Gasteiger partial charge in [-0.25, -0.2) is 0 Å². The molecule has 1 saturated heterocycles. The van der Waals surface area contributed by atoms with Crippen molar-refractivity contribution in [3.05, 3.63) is 59.3 Å². The van der Waals surface area contributed by atoms with E-state index in [-0.39, 0.29) is 24.0 Å². The molecule has 2 heterocycles. The molecule has 3 unspecified atom stereocenters. The Bertz CT molecular complexity index is 1090. The highest BCUT2D eigenvalue weighted by Crippen LogP contribution is 2.38. The highest BCUT2D eigenvalue weighted by Gasteiger charge is 2.30. The monoisotopic (exact) mass is 450 g/mol. The molecule has 33 heavy (non-hydrogen) atoms. The van der Waals surface area contributed by atoms with Gasteiger partial charge in [0.2, 0.25) is 5.91 Å². The molecule has 0 aliphatic carbocycles. The lowest BCUT2D eigenvalue weighted by atomic mass is 9.87. The van der Waals surface area contributed by atoms with Crippen LogP contribution in [0.25, 0.3) is 10.9 Å². The van der Waals surface area contributed by atoms with Crippen molar-refractivity contribution in [2.45, 2.75) is 51.7 Å².